The summed E-state index contributed by atoms with van der Waals surface area (Å²) in [5.41, 5.74) is 4.10. The van der Waals surface area contributed by atoms with E-state index < -0.39 is 11.6 Å². The average Bonchev–Trinajstić information content (AvgIpc) is 3.40. The molecule has 0 aliphatic carbocycles. The van der Waals surface area contributed by atoms with Crippen LogP contribution in [0.25, 0.3) is 20.8 Å². The predicted molar refractivity (Wildman–Crippen MR) is 164 cm³/mol. The molecular weight excluding hydrogens is 542 g/mol. The number of hydrogen-bond acceptors (Lipinski definition) is 8. The number of methoxy groups -OCH3 is 1. The normalized spacial score (nSPS) is 11.6. The van der Waals surface area contributed by atoms with Gasteiger partial charge in [-0.25, -0.2) is 18.7 Å². The van der Waals surface area contributed by atoms with Crippen molar-refractivity contribution in [3.05, 3.63) is 58.5 Å². The van der Waals surface area contributed by atoms with Crippen molar-refractivity contribution in [1.29, 1.82) is 0 Å². The lowest BCUT2D eigenvalue weighted by Gasteiger charge is -2.18. The lowest BCUT2D eigenvalue weighted by molar-refractivity contribution is 0.210. The maximum Gasteiger partial charge on any atom is 0.224 e. The molecule has 0 fully saturated rings. The Bertz CT molecular complexity index is 1470. The Morgan fingerprint density at radius 1 is 0.976 bits per heavy atom. The van der Waals surface area contributed by atoms with E-state index in [9.17, 15) is 8.78 Å². The SMILES string of the molecule is C#C.CCC(CCNc1nc(NCCOC)nc(C)c1-c1nc2c(C)nccc2s1)CCc1c(F)ccc(C)c1F. The van der Waals surface area contributed by atoms with E-state index in [1.54, 1.807) is 31.6 Å². The Morgan fingerprint density at radius 3 is 2.46 bits per heavy atom. The quantitative estimate of drug-likeness (QED) is 0.129. The van der Waals surface area contributed by atoms with Gasteiger partial charge in [0, 0.05) is 32.0 Å². The predicted octanol–water partition coefficient (Wildman–Crippen LogP) is 7.12. The number of hydrogen-bond donors (Lipinski definition) is 2. The van der Waals surface area contributed by atoms with E-state index in [0.717, 1.165) is 45.0 Å². The van der Waals surface area contributed by atoms with E-state index in [1.165, 1.54) is 12.1 Å². The monoisotopic (exact) mass is 580 g/mol. The van der Waals surface area contributed by atoms with Crippen LogP contribution in [0, 0.1) is 51.2 Å². The molecule has 1 atom stereocenters. The summed E-state index contributed by atoms with van der Waals surface area (Å²) in [5, 5.41) is 7.57. The van der Waals surface area contributed by atoms with Gasteiger partial charge in [0.1, 0.15) is 28.0 Å². The van der Waals surface area contributed by atoms with E-state index in [1.807, 2.05) is 19.9 Å². The van der Waals surface area contributed by atoms with Gasteiger partial charge in [0.15, 0.2) is 0 Å². The van der Waals surface area contributed by atoms with Gasteiger partial charge in [-0.3, -0.25) is 4.98 Å². The number of fused-ring (bicyclic) bond motifs is 1. The number of thiazole rings is 1. The summed E-state index contributed by atoms with van der Waals surface area (Å²) in [6.45, 7) is 9.48. The van der Waals surface area contributed by atoms with Crippen LogP contribution in [0.5, 0.6) is 0 Å². The van der Waals surface area contributed by atoms with Crippen LogP contribution in [0.1, 0.15) is 48.7 Å². The van der Waals surface area contributed by atoms with Crippen LogP contribution >= 0.6 is 11.3 Å². The molecule has 3 heterocycles. The maximum absolute atomic E-state index is 14.5. The third-order valence-electron chi connectivity index (χ3n) is 6.99. The summed E-state index contributed by atoms with van der Waals surface area (Å²) in [6.07, 6.45) is 12.6. The summed E-state index contributed by atoms with van der Waals surface area (Å²) in [4.78, 5) is 18.7. The van der Waals surface area contributed by atoms with Gasteiger partial charge in [-0.2, -0.15) is 4.98 Å². The van der Waals surface area contributed by atoms with Gasteiger partial charge >= 0.3 is 0 Å². The molecule has 7 nitrogen and oxygen atoms in total. The minimum absolute atomic E-state index is 0.183. The number of benzene rings is 1. The molecule has 0 aliphatic rings. The molecule has 2 N–H and O–H groups in total. The fourth-order valence-corrected chi connectivity index (χ4v) is 5.74. The Morgan fingerprint density at radius 2 is 1.76 bits per heavy atom. The first kappa shape index (κ1) is 31.8. The van der Waals surface area contributed by atoms with Gasteiger partial charge in [-0.05, 0) is 63.6 Å². The molecule has 4 aromatic rings. The fraction of sp³-hybridized carbons (Fsp3) is 0.419. The van der Waals surface area contributed by atoms with Gasteiger partial charge in [0.25, 0.3) is 0 Å². The first-order chi connectivity index (χ1) is 19.8. The molecular formula is C31H38F2N6OS. The molecule has 0 spiro atoms. The topological polar surface area (TPSA) is 84.9 Å². The zero-order valence-corrected chi connectivity index (χ0v) is 25.2. The van der Waals surface area contributed by atoms with E-state index in [0.29, 0.717) is 55.8 Å². The zero-order valence-electron chi connectivity index (χ0n) is 24.4. The number of aromatic nitrogens is 4. The van der Waals surface area contributed by atoms with Crippen molar-refractivity contribution in [2.75, 3.05) is 37.4 Å². The van der Waals surface area contributed by atoms with Crippen LogP contribution in [0.3, 0.4) is 0 Å². The minimum atomic E-state index is -0.470. The third kappa shape index (κ3) is 7.96. The summed E-state index contributed by atoms with van der Waals surface area (Å²) in [7, 11) is 1.65. The van der Waals surface area contributed by atoms with Crippen molar-refractivity contribution in [3.8, 4) is 23.4 Å². The molecule has 41 heavy (non-hydrogen) atoms. The van der Waals surface area contributed by atoms with Crippen molar-refractivity contribution in [1.82, 2.24) is 19.9 Å². The van der Waals surface area contributed by atoms with Crippen molar-refractivity contribution in [3.63, 3.8) is 0 Å². The van der Waals surface area contributed by atoms with E-state index in [4.69, 9.17) is 14.7 Å². The Balaban J connectivity index is 0.00000226. The number of nitrogens with zero attached hydrogens (tertiary/aromatic N) is 4. The standard InChI is InChI=1S/C29H36F2N6OS.C2H2/c1-6-20(8-9-21-22(30)10-7-17(2)25(21)31)11-13-33-27-24(18(3)35-29(37-27)34-15-16-38-5)28-36-26-19(4)32-14-12-23(26)39-28;1-2/h7,10,12,14,20H,6,8-9,11,13,15-16H2,1-5H3,(H2,33,34,35,37);1-2H. The van der Waals surface area contributed by atoms with Gasteiger partial charge in [-0.1, -0.05) is 19.4 Å². The first-order valence-corrected chi connectivity index (χ1v) is 14.5. The van der Waals surface area contributed by atoms with Crippen LogP contribution < -0.4 is 10.6 Å². The molecule has 4 rings (SSSR count). The highest BCUT2D eigenvalue weighted by Gasteiger charge is 2.19. The summed E-state index contributed by atoms with van der Waals surface area (Å²) in [5.74, 6) is 0.629. The number of aryl methyl sites for hydroxylation is 3. The number of pyridine rings is 1. The van der Waals surface area contributed by atoms with Crippen molar-refractivity contribution < 1.29 is 13.5 Å². The largest absolute Gasteiger partial charge is 0.383 e. The second kappa shape index (κ2) is 15.4. The number of nitrogens with one attached hydrogen (secondary N) is 2. The summed E-state index contributed by atoms with van der Waals surface area (Å²) in [6, 6.07) is 4.81. The number of halogens is 2. The molecule has 1 aromatic carbocycles. The van der Waals surface area contributed by atoms with E-state index in [-0.39, 0.29) is 5.56 Å². The lowest BCUT2D eigenvalue weighted by Crippen LogP contribution is -2.15. The Kier molecular flexibility index (Phi) is 11.9. The highest BCUT2D eigenvalue weighted by Crippen LogP contribution is 2.36. The number of ether oxygens (including phenoxy) is 1. The van der Waals surface area contributed by atoms with Gasteiger partial charge in [0.2, 0.25) is 5.95 Å². The van der Waals surface area contributed by atoms with Crippen molar-refractivity contribution >= 4 is 33.3 Å². The van der Waals surface area contributed by atoms with Crippen LogP contribution in [0.2, 0.25) is 0 Å². The molecule has 0 bridgehead atoms. The second-order valence-electron chi connectivity index (χ2n) is 9.72. The van der Waals surface area contributed by atoms with Gasteiger partial charge < -0.3 is 15.4 Å². The van der Waals surface area contributed by atoms with Crippen molar-refractivity contribution in [2.45, 2.75) is 53.4 Å². The van der Waals surface area contributed by atoms with Gasteiger partial charge in [0.05, 0.1) is 28.3 Å². The molecule has 0 aliphatic heterocycles. The molecule has 0 saturated carbocycles. The van der Waals surface area contributed by atoms with Crippen LogP contribution in [0.4, 0.5) is 20.5 Å². The molecule has 0 radical (unpaired) electrons. The summed E-state index contributed by atoms with van der Waals surface area (Å²) >= 11 is 1.59. The fourth-order valence-electron chi connectivity index (χ4n) is 4.63. The summed E-state index contributed by atoms with van der Waals surface area (Å²) < 4.78 is 35.0. The number of anilines is 2. The Hall–Kier alpha value is -3.68. The van der Waals surface area contributed by atoms with Crippen LogP contribution in [0.15, 0.2) is 24.4 Å². The second-order valence-corrected chi connectivity index (χ2v) is 10.8. The third-order valence-corrected chi connectivity index (χ3v) is 8.03. The molecule has 0 saturated heterocycles. The lowest BCUT2D eigenvalue weighted by atomic mass is 9.93. The van der Waals surface area contributed by atoms with E-state index in [2.05, 4.69) is 40.4 Å². The smallest absolute Gasteiger partial charge is 0.224 e. The number of terminal acetylenes is 1. The highest BCUT2D eigenvalue weighted by molar-refractivity contribution is 7.21. The van der Waals surface area contributed by atoms with Crippen LogP contribution in [-0.2, 0) is 11.2 Å². The molecule has 10 heteroatoms. The van der Waals surface area contributed by atoms with Gasteiger partial charge in [-0.15, -0.1) is 24.2 Å². The average molecular weight is 581 g/mol. The first-order valence-electron chi connectivity index (χ1n) is 13.7. The zero-order chi connectivity index (χ0) is 29.9. The van der Waals surface area contributed by atoms with Crippen LogP contribution in [-0.4, -0.2) is 46.7 Å². The molecule has 218 valence electrons. The Labute approximate surface area is 245 Å². The highest BCUT2D eigenvalue weighted by atomic mass is 32.1. The van der Waals surface area contributed by atoms with E-state index >= 15 is 0 Å². The number of rotatable bonds is 13. The molecule has 0 amide bonds. The molecule has 1 unspecified atom stereocenters. The maximum atomic E-state index is 14.5. The van der Waals surface area contributed by atoms with Crippen molar-refractivity contribution in [2.24, 2.45) is 5.92 Å². The minimum Gasteiger partial charge on any atom is -0.383 e. The molecule has 3 aromatic heterocycles.